The van der Waals surface area contributed by atoms with Gasteiger partial charge in [0.2, 0.25) is 5.91 Å². The molecular weight excluding hydrogens is 240 g/mol. The van der Waals surface area contributed by atoms with Crippen LogP contribution in [-0.4, -0.2) is 54.6 Å². The summed E-state index contributed by atoms with van der Waals surface area (Å²) in [5.41, 5.74) is 0. The number of halogens is 1. The molecule has 1 saturated heterocycles. The van der Waals surface area contributed by atoms with E-state index in [-0.39, 0.29) is 24.2 Å². The highest BCUT2D eigenvalue weighted by Crippen LogP contribution is 2.13. The number of carbonyl (C=O) groups excluding carboxylic acids is 1. The topological polar surface area (TPSA) is 41.6 Å². The molecule has 0 bridgehead atoms. The number of nitrogens with zero attached hydrogens (tertiary/aromatic N) is 1. The van der Waals surface area contributed by atoms with Gasteiger partial charge in [0.25, 0.3) is 0 Å². The summed E-state index contributed by atoms with van der Waals surface area (Å²) >= 11 is 5.57. The summed E-state index contributed by atoms with van der Waals surface area (Å²) in [5.74, 6) is 0.664. The van der Waals surface area contributed by atoms with Crippen molar-refractivity contribution >= 4 is 17.5 Å². The Balaban J connectivity index is 2.39. The monoisotopic (exact) mass is 262 g/mol. The van der Waals surface area contributed by atoms with Gasteiger partial charge in [-0.3, -0.25) is 9.69 Å². The van der Waals surface area contributed by atoms with Crippen molar-refractivity contribution in [2.75, 3.05) is 25.5 Å². The summed E-state index contributed by atoms with van der Waals surface area (Å²) in [6.45, 7) is 8.31. The normalized spacial score (nSPS) is 27.8. The quantitative estimate of drug-likeness (QED) is 0.599. The predicted octanol–water partition coefficient (Wildman–Crippen LogP) is 1.23. The Morgan fingerprint density at radius 1 is 1.47 bits per heavy atom. The molecule has 3 atom stereocenters. The Morgan fingerprint density at radius 2 is 2.06 bits per heavy atom. The third-order valence-electron chi connectivity index (χ3n) is 2.98. The fourth-order valence-corrected chi connectivity index (χ4v) is 2.26. The van der Waals surface area contributed by atoms with Gasteiger partial charge < -0.3 is 10.1 Å². The lowest BCUT2D eigenvalue weighted by molar-refractivity contribution is -0.131. The van der Waals surface area contributed by atoms with E-state index in [9.17, 15) is 4.79 Å². The maximum Gasteiger partial charge on any atom is 0.237 e. The van der Waals surface area contributed by atoms with Crippen LogP contribution in [0.4, 0.5) is 0 Å². The lowest BCUT2D eigenvalue weighted by Crippen LogP contribution is -2.54. The molecule has 100 valence electrons. The van der Waals surface area contributed by atoms with E-state index < -0.39 is 0 Å². The molecule has 1 aliphatic rings. The van der Waals surface area contributed by atoms with E-state index in [4.69, 9.17) is 16.3 Å². The zero-order valence-corrected chi connectivity index (χ0v) is 11.7. The molecule has 0 unspecified atom stereocenters. The molecule has 0 spiro atoms. The van der Waals surface area contributed by atoms with E-state index in [0.717, 1.165) is 19.5 Å². The predicted molar refractivity (Wildman–Crippen MR) is 69.4 cm³/mol. The number of carbonyl (C=O) groups is 1. The molecule has 0 aromatic rings. The zero-order chi connectivity index (χ0) is 12.8. The first-order valence-electron chi connectivity index (χ1n) is 6.27. The minimum Gasteiger partial charge on any atom is -0.373 e. The Hall–Kier alpha value is -0.320. The summed E-state index contributed by atoms with van der Waals surface area (Å²) in [6.07, 6.45) is 1.20. The maximum absolute atomic E-state index is 11.9. The summed E-state index contributed by atoms with van der Waals surface area (Å²) < 4.78 is 5.65. The van der Waals surface area contributed by atoms with Crippen molar-refractivity contribution in [2.24, 2.45) is 0 Å². The van der Waals surface area contributed by atoms with Gasteiger partial charge in [0, 0.05) is 25.5 Å². The molecule has 5 heteroatoms. The molecule has 1 fully saturated rings. The van der Waals surface area contributed by atoms with Crippen LogP contribution < -0.4 is 5.32 Å². The Morgan fingerprint density at radius 3 is 2.59 bits per heavy atom. The lowest BCUT2D eigenvalue weighted by atomic mass is 10.1. The summed E-state index contributed by atoms with van der Waals surface area (Å²) in [4.78, 5) is 14.1. The van der Waals surface area contributed by atoms with Crippen LogP contribution in [0.2, 0.25) is 0 Å². The highest BCUT2D eigenvalue weighted by molar-refractivity contribution is 6.17. The Labute approximate surface area is 109 Å². The van der Waals surface area contributed by atoms with Crippen molar-refractivity contribution in [1.29, 1.82) is 0 Å². The number of hydrogen-bond donors (Lipinski definition) is 1. The average Bonchev–Trinajstić information content (AvgIpc) is 2.27. The van der Waals surface area contributed by atoms with Gasteiger partial charge >= 0.3 is 0 Å². The second-order valence-electron chi connectivity index (χ2n) is 4.72. The number of nitrogens with one attached hydrogen (secondary N) is 1. The van der Waals surface area contributed by atoms with Gasteiger partial charge in [0.15, 0.2) is 0 Å². The molecule has 1 rings (SSSR count). The van der Waals surface area contributed by atoms with Gasteiger partial charge in [0.05, 0.1) is 18.2 Å². The van der Waals surface area contributed by atoms with Crippen molar-refractivity contribution in [2.45, 2.75) is 45.4 Å². The SMILES string of the molecule is C[C@@H]1CN([C@@H](C)C(=O)NCCCCl)C[C@@H](C)O1. The highest BCUT2D eigenvalue weighted by atomic mass is 35.5. The van der Waals surface area contributed by atoms with E-state index in [1.807, 2.05) is 20.8 Å². The molecule has 0 saturated carbocycles. The van der Waals surface area contributed by atoms with Gasteiger partial charge in [-0.25, -0.2) is 0 Å². The molecule has 1 amide bonds. The Kier molecular flexibility index (Phi) is 6.23. The summed E-state index contributed by atoms with van der Waals surface area (Å²) in [6, 6.07) is -0.0980. The maximum atomic E-state index is 11.9. The third kappa shape index (κ3) is 4.82. The van der Waals surface area contributed by atoms with Crippen LogP contribution in [-0.2, 0) is 9.53 Å². The first-order valence-corrected chi connectivity index (χ1v) is 6.81. The van der Waals surface area contributed by atoms with Crippen LogP contribution in [0, 0.1) is 0 Å². The van der Waals surface area contributed by atoms with Crippen LogP contribution in [0.1, 0.15) is 27.2 Å². The number of hydrogen-bond acceptors (Lipinski definition) is 3. The molecule has 17 heavy (non-hydrogen) atoms. The van der Waals surface area contributed by atoms with E-state index in [0.29, 0.717) is 12.4 Å². The Bertz CT molecular complexity index is 241. The van der Waals surface area contributed by atoms with Gasteiger partial charge in [-0.1, -0.05) is 0 Å². The van der Waals surface area contributed by atoms with Crippen molar-refractivity contribution < 1.29 is 9.53 Å². The van der Waals surface area contributed by atoms with Crippen molar-refractivity contribution in [1.82, 2.24) is 10.2 Å². The van der Waals surface area contributed by atoms with Crippen molar-refractivity contribution in [3.05, 3.63) is 0 Å². The molecular formula is C12H23ClN2O2. The molecule has 0 aliphatic carbocycles. The minimum atomic E-state index is -0.0980. The first-order chi connectivity index (χ1) is 8.04. The highest BCUT2D eigenvalue weighted by Gasteiger charge is 2.28. The smallest absolute Gasteiger partial charge is 0.237 e. The van der Waals surface area contributed by atoms with Gasteiger partial charge in [0.1, 0.15) is 0 Å². The number of alkyl halides is 1. The number of amides is 1. The van der Waals surface area contributed by atoms with Gasteiger partial charge in [-0.05, 0) is 27.2 Å². The number of ether oxygens (including phenoxy) is 1. The van der Waals surface area contributed by atoms with Gasteiger partial charge in [-0.2, -0.15) is 0 Å². The molecule has 4 nitrogen and oxygen atoms in total. The standard InChI is InChI=1S/C12H23ClN2O2/c1-9-7-15(8-10(2)17-9)11(3)12(16)14-6-4-5-13/h9-11H,4-8H2,1-3H3,(H,14,16)/t9-,10-,11+/m1/s1. The lowest BCUT2D eigenvalue weighted by Gasteiger charge is -2.38. The van der Waals surface area contributed by atoms with Crippen LogP contribution in [0.15, 0.2) is 0 Å². The molecule has 0 radical (unpaired) electrons. The fraction of sp³-hybridized carbons (Fsp3) is 0.917. The first kappa shape index (κ1) is 14.7. The number of rotatable bonds is 5. The molecule has 1 heterocycles. The summed E-state index contributed by atoms with van der Waals surface area (Å²) in [7, 11) is 0. The molecule has 1 aliphatic heterocycles. The third-order valence-corrected chi connectivity index (χ3v) is 3.25. The minimum absolute atomic E-state index is 0.0800. The van der Waals surface area contributed by atoms with Gasteiger partial charge in [-0.15, -0.1) is 11.6 Å². The van der Waals surface area contributed by atoms with Crippen LogP contribution >= 0.6 is 11.6 Å². The summed E-state index contributed by atoms with van der Waals surface area (Å²) in [5, 5.41) is 2.90. The second kappa shape index (κ2) is 7.19. The van der Waals surface area contributed by atoms with E-state index >= 15 is 0 Å². The van der Waals surface area contributed by atoms with Crippen molar-refractivity contribution in [3.63, 3.8) is 0 Å². The second-order valence-corrected chi connectivity index (χ2v) is 5.10. The van der Waals surface area contributed by atoms with Crippen LogP contribution in [0.5, 0.6) is 0 Å². The number of morpholine rings is 1. The molecule has 1 N–H and O–H groups in total. The van der Waals surface area contributed by atoms with Crippen molar-refractivity contribution in [3.8, 4) is 0 Å². The van der Waals surface area contributed by atoms with E-state index in [2.05, 4.69) is 10.2 Å². The van der Waals surface area contributed by atoms with Crippen LogP contribution in [0.25, 0.3) is 0 Å². The molecule has 0 aromatic carbocycles. The molecule has 0 aromatic heterocycles. The average molecular weight is 263 g/mol. The fourth-order valence-electron chi connectivity index (χ4n) is 2.13. The van der Waals surface area contributed by atoms with E-state index in [1.165, 1.54) is 0 Å². The van der Waals surface area contributed by atoms with Crippen LogP contribution in [0.3, 0.4) is 0 Å². The largest absolute Gasteiger partial charge is 0.373 e. The zero-order valence-electron chi connectivity index (χ0n) is 10.9. The van der Waals surface area contributed by atoms with E-state index in [1.54, 1.807) is 0 Å².